The smallest absolute Gasteiger partial charge is 0.313 e. The van der Waals surface area contributed by atoms with Crippen molar-refractivity contribution in [2.45, 2.75) is 38.6 Å². The van der Waals surface area contributed by atoms with Crippen LogP contribution in [0.4, 0.5) is 0 Å². The van der Waals surface area contributed by atoms with Gasteiger partial charge in [-0.25, -0.2) is 0 Å². The maximum Gasteiger partial charge on any atom is 0.313 e. The van der Waals surface area contributed by atoms with Crippen molar-refractivity contribution in [3.63, 3.8) is 0 Å². The molecule has 1 aliphatic rings. The second kappa shape index (κ2) is 6.24. The lowest BCUT2D eigenvalue weighted by Crippen LogP contribution is -2.43. The van der Waals surface area contributed by atoms with E-state index in [9.17, 15) is 4.79 Å². The van der Waals surface area contributed by atoms with Crippen LogP contribution in [0.15, 0.2) is 5.38 Å². The van der Waals surface area contributed by atoms with E-state index in [-0.39, 0.29) is 11.4 Å². The van der Waals surface area contributed by atoms with Crippen molar-refractivity contribution in [3.05, 3.63) is 11.1 Å². The topological polar surface area (TPSA) is 64.1 Å². The molecule has 1 fully saturated rings. The Morgan fingerprint density at radius 2 is 2.28 bits per heavy atom. The molecule has 1 aliphatic carbocycles. The molecule has 1 N–H and O–H groups in total. The van der Waals surface area contributed by atoms with Crippen LogP contribution >= 0.6 is 11.5 Å². The SMILES string of the molecule is COC(=O)C1(CNCc2csnn2)CCCCC1. The predicted molar refractivity (Wildman–Crippen MR) is 69.1 cm³/mol. The summed E-state index contributed by atoms with van der Waals surface area (Å²) in [6, 6.07) is 0. The van der Waals surface area contributed by atoms with Crippen LogP contribution in [0.1, 0.15) is 37.8 Å². The second-order valence-corrected chi connectivity index (χ2v) is 5.44. The van der Waals surface area contributed by atoms with E-state index >= 15 is 0 Å². The maximum absolute atomic E-state index is 12.0. The van der Waals surface area contributed by atoms with Gasteiger partial charge in [0.05, 0.1) is 18.2 Å². The van der Waals surface area contributed by atoms with Crippen molar-refractivity contribution < 1.29 is 9.53 Å². The summed E-state index contributed by atoms with van der Waals surface area (Å²) in [6.07, 6.45) is 5.27. The molecule has 0 aromatic carbocycles. The van der Waals surface area contributed by atoms with Crippen molar-refractivity contribution >= 4 is 17.5 Å². The first-order valence-electron chi connectivity index (χ1n) is 6.32. The molecular weight excluding hydrogens is 250 g/mol. The third kappa shape index (κ3) is 3.05. The zero-order valence-corrected chi connectivity index (χ0v) is 11.5. The highest BCUT2D eigenvalue weighted by Gasteiger charge is 2.40. The van der Waals surface area contributed by atoms with Crippen LogP contribution in [0.3, 0.4) is 0 Å². The number of carbonyl (C=O) groups excluding carboxylic acids is 1. The summed E-state index contributed by atoms with van der Waals surface area (Å²) in [5.74, 6) is -0.0777. The van der Waals surface area contributed by atoms with Crippen LogP contribution in [0, 0.1) is 5.41 Å². The fourth-order valence-electron chi connectivity index (χ4n) is 2.59. The lowest BCUT2D eigenvalue weighted by molar-refractivity contribution is -0.154. The number of nitrogens with zero attached hydrogens (tertiary/aromatic N) is 2. The number of ether oxygens (including phenoxy) is 1. The summed E-state index contributed by atoms with van der Waals surface area (Å²) in [4.78, 5) is 12.0. The van der Waals surface area contributed by atoms with E-state index in [1.807, 2.05) is 5.38 Å². The van der Waals surface area contributed by atoms with Crippen LogP contribution in [0.25, 0.3) is 0 Å². The van der Waals surface area contributed by atoms with Crippen LogP contribution in [-0.4, -0.2) is 29.2 Å². The van der Waals surface area contributed by atoms with E-state index in [1.54, 1.807) is 0 Å². The summed E-state index contributed by atoms with van der Waals surface area (Å²) in [7, 11) is 1.48. The molecule has 1 aromatic heterocycles. The lowest BCUT2D eigenvalue weighted by atomic mass is 9.74. The maximum atomic E-state index is 12.0. The molecule has 100 valence electrons. The van der Waals surface area contributed by atoms with E-state index in [0.29, 0.717) is 13.1 Å². The van der Waals surface area contributed by atoms with Gasteiger partial charge in [-0.15, -0.1) is 5.10 Å². The van der Waals surface area contributed by atoms with Crippen LogP contribution in [-0.2, 0) is 16.1 Å². The summed E-state index contributed by atoms with van der Waals surface area (Å²) in [6.45, 7) is 1.33. The highest BCUT2D eigenvalue weighted by molar-refractivity contribution is 7.03. The average molecular weight is 269 g/mol. The van der Waals surface area contributed by atoms with Gasteiger partial charge in [0.2, 0.25) is 0 Å². The Balaban J connectivity index is 1.91. The summed E-state index contributed by atoms with van der Waals surface area (Å²) >= 11 is 1.34. The standard InChI is InChI=1S/C12H19N3O2S/c1-17-11(16)12(5-3-2-4-6-12)9-13-7-10-8-18-15-14-10/h8,13H,2-7,9H2,1H3. The Kier molecular flexibility index (Phi) is 4.66. The van der Waals surface area contributed by atoms with Gasteiger partial charge in [0.25, 0.3) is 0 Å². The van der Waals surface area contributed by atoms with Crippen molar-refractivity contribution in [2.75, 3.05) is 13.7 Å². The van der Waals surface area contributed by atoms with E-state index in [0.717, 1.165) is 31.4 Å². The third-order valence-corrected chi connectivity index (χ3v) is 4.16. The summed E-state index contributed by atoms with van der Waals surface area (Å²) < 4.78 is 8.79. The van der Waals surface area contributed by atoms with Gasteiger partial charge in [0.1, 0.15) is 0 Å². The number of nitrogens with one attached hydrogen (secondary N) is 1. The number of aromatic nitrogens is 2. The number of hydrogen-bond donors (Lipinski definition) is 1. The Morgan fingerprint density at radius 1 is 1.50 bits per heavy atom. The molecule has 1 heterocycles. The van der Waals surface area contributed by atoms with Crippen LogP contribution < -0.4 is 5.32 Å². The summed E-state index contributed by atoms with van der Waals surface area (Å²) in [5, 5.41) is 9.21. The fourth-order valence-corrected chi connectivity index (χ4v) is 3.04. The molecule has 0 bridgehead atoms. The predicted octanol–water partition coefficient (Wildman–Crippen LogP) is 1.75. The van der Waals surface area contributed by atoms with E-state index in [4.69, 9.17) is 4.74 Å². The molecule has 1 saturated carbocycles. The molecule has 0 aliphatic heterocycles. The van der Waals surface area contributed by atoms with E-state index in [1.165, 1.54) is 25.1 Å². The summed E-state index contributed by atoms with van der Waals surface area (Å²) in [5.41, 5.74) is 0.590. The molecular formula is C12H19N3O2S. The monoisotopic (exact) mass is 269 g/mol. The zero-order valence-electron chi connectivity index (χ0n) is 10.6. The first-order valence-corrected chi connectivity index (χ1v) is 7.15. The highest BCUT2D eigenvalue weighted by Crippen LogP contribution is 2.36. The molecule has 0 saturated heterocycles. The lowest BCUT2D eigenvalue weighted by Gasteiger charge is -2.34. The minimum Gasteiger partial charge on any atom is -0.469 e. The number of methoxy groups -OCH3 is 1. The first-order chi connectivity index (χ1) is 8.77. The van der Waals surface area contributed by atoms with E-state index in [2.05, 4.69) is 14.9 Å². The largest absolute Gasteiger partial charge is 0.469 e. The van der Waals surface area contributed by atoms with Gasteiger partial charge in [-0.3, -0.25) is 4.79 Å². The number of carbonyl (C=O) groups is 1. The van der Waals surface area contributed by atoms with Gasteiger partial charge in [0, 0.05) is 18.5 Å². The first kappa shape index (κ1) is 13.4. The molecule has 1 aromatic rings. The molecule has 18 heavy (non-hydrogen) atoms. The zero-order chi connectivity index (χ0) is 12.8. The average Bonchev–Trinajstić information content (AvgIpc) is 2.92. The molecule has 5 nitrogen and oxygen atoms in total. The Hall–Kier alpha value is -1.01. The van der Waals surface area contributed by atoms with Gasteiger partial charge < -0.3 is 10.1 Å². The Labute approximate surface area is 111 Å². The number of hydrogen-bond acceptors (Lipinski definition) is 6. The molecule has 0 atom stereocenters. The number of esters is 1. The molecule has 6 heteroatoms. The molecule has 0 unspecified atom stereocenters. The normalized spacial score (nSPS) is 18.5. The van der Waals surface area contributed by atoms with Gasteiger partial charge in [-0.2, -0.15) is 0 Å². The minimum atomic E-state index is -0.337. The van der Waals surface area contributed by atoms with E-state index < -0.39 is 0 Å². The van der Waals surface area contributed by atoms with Crippen LogP contribution in [0.5, 0.6) is 0 Å². The van der Waals surface area contributed by atoms with Crippen molar-refractivity contribution in [2.24, 2.45) is 5.41 Å². The van der Waals surface area contributed by atoms with Gasteiger partial charge in [-0.05, 0) is 24.4 Å². The third-order valence-electron chi connectivity index (χ3n) is 3.60. The van der Waals surface area contributed by atoms with Gasteiger partial charge >= 0.3 is 5.97 Å². The molecule has 0 amide bonds. The fraction of sp³-hybridized carbons (Fsp3) is 0.750. The molecule has 0 spiro atoms. The van der Waals surface area contributed by atoms with Crippen molar-refractivity contribution in [3.8, 4) is 0 Å². The Morgan fingerprint density at radius 3 is 2.89 bits per heavy atom. The second-order valence-electron chi connectivity index (χ2n) is 4.83. The Bertz CT molecular complexity index is 375. The van der Waals surface area contributed by atoms with Crippen molar-refractivity contribution in [1.29, 1.82) is 0 Å². The molecule has 2 rings (SSSR count). The van der Waals surface area contributed by atoms with Gasteiger partial charge in [-0.1, -0.05) is 23.8 Å². The van der Waals surface area contributed by atoms with Crippen LogP contribution in [0.2, 0.25) is 0 Å². The molecule has 0 radical (unpaired) electrons. The quantitative estimate of drug-likeness (QED) is 0.825. The van der Waals surface area contributed by atoms with Crippen molar-refractivity contribution in [1.82, 2.24) is 14.9 Å². The van der Waals surface area contributed by atoms with Gasteiger partial charge in [0.15, 0.2) is 0 Å². The highest BCUT2D eigenvalue weighted by atomic mass is 32.1. The number of rotatable bonds is 5. The minimum absolute atomic E-state index is 0.0777.